The predicted octanol–water partition coefficient (Wildman–Crippen LogP) is 4.19. The number of urea groups is 1. The number of amides is 3. The lowest BCUT2D eigenvalue weighted by atomic mass is 10.1. The third-order valence-electron chi connectivity index (χ3n) is 4.72. The fraction of sp³-hybridized carbons (Fsp3) is 0.333. The predicted molar refractivity (Wildman–Crippen MR) is 104 cm³/mol. The van der Waals surface area contributed by atoms with Crippen molar-refractivity contribution in [2.75, 3.05) is 17.2 Å². The smallest absolute Gasteiger partial charge is 0.322 e. The summed E-state index contributed by atoms with van der Waals surface area (Å²) in [4.78, 5) is 26.9. The second kappa shape index (κ2) is 8.04. The standard InChI is InChI=1S/C21H25N3O2/c1-3-16-6-4-7-18(14-16)22-20(25)19-8-5-13-24(19)21(26)23-17-11-9-15(2)10-12-17/h4,6-7,9-12,14,19H,3,5,8,13H2,1-2H3,(H,22,25)(H,23,26)/t19-/m0/s1. The molecule has 1 aliphatic heterocycles. The van der Waals surface area contributed by atoms with Crippen LogP contribution in [0.15, 0.2) is 48.5 Å². The summed E-state index contributed by atoms with van der Waals surface area (Å²) in [5.41, 5.74) is 3.82. The Bertz CT molecular complexity index is 786. The molecule has 0 unspecified atom stereocenters. The normalized spacial score (nSPS) is 16.4. The minimum absolute atomic E-state index is 0.130. The third-order valence-corrected chi connectivity index (χ3v) is 4.72. The summed E-state index contributed by atoms with van der Waals surface area (Å²) in [6.07, 6.45) is 2.42. The highest BCUT2D eigenvalue weighted by Crippen LogP contribution is 2.21. The van der Waals surface area contributed by atoms with E-state index in [1.54, 1.807) is 4.90 Å². The molecule has 136 valence electrons. The van der Waals surface area contributed by atoms with Crippen LogP contribution in [0.2, 0.25) is 0 Å². The van der Waals surface area contributed by atoms with Gasteiger partial charge in [0.15, 0.2) is 0 Å². The number of carbonyl (C=O) groups is 2. The average molecular weight is 351 g/mol. The Balaban J connectivity index is 1.65. The summed E-state index contributed by atoms with van der Waals surface area (Å²) in [6.45, 7) is 4.67. The van der Waals surface area contributed by atoms with E-state index < -0.39 is 6.04 Å². The van der Waals surface area contributed by atoms with Crippen molar-refractivity contribution in [3.8, 4) is 0 Å². The second-order valence-electron chi connectivity index (χ2n) is 6.69. The molecule has 2 aromatic rings. The number of likely N-dealkylation sites (tertiary alicyclic amines) is 1. The highest BCUT2D eigenvalue weighted by molar-refractivity contribution is 5.99. The van der Waals surface area contributed by atoms with Crippen molar-refractivity contribution < 1.29 is 9.59 Å². The molecule has 5 heteroatoms. The quantitative estimate of drug-likeness (QED) is 0.867. The zero-order valence-corrected chi connectivity index (χ0v) is 15.3. The van der Waals surface area contributed by atoms with Crippen LogP contribution in [0, 0.1) is 6.92 Å². The van der Waals surface area contributed by atoms with Crippen molar-refractivity contribution in [2.24, 2.45) is 0 Å². The van der Waals surface area contributed by atoms with E-state index in [9.17, 15) is 9.59 Å². The number of benzene rings is 2. The molecule has 2 N–H and O–H groups in total. The fourth-order valence-corrected chi connectivity index (χ4v) is 3.21. The molecular formula is C21H25N3O2. The number of hydrogen-bond acceptors (Lipinski definition) is 2. The van der Waals surface area contributed by atoms with Gasteiger partial charge in [0.05, 0.1) is 0 Å². The number of rotatable bonds is 4. The van der Waals surface area contributed by atoms with Crippen molar-refractivity contribution in [2.45, 2.75) is 39.2 Å². The van der Waals surface area contributed by atoms with E-state index >= 15 is 0 Å². The van der Waals surface area contributed by atoms with Crippen LogP contribution < -0.4 is 10.6 Å². The average Bonchev–Trinajstić information content (AvgIpc) is 3.14. The maximum Gasteiger partial charge on any atom is 0.322 e. The van der Waals surface area contributed by atoms with Crippen LogP contribution in [-0.2, 0) is 11.2 Å². The highest BCUT2D eigenvalue weighted by atomic mass is 16.2. The Morgan fingerprint density at radius 1 is 1.08 bits per heavy atom. The van der Waals surface area contributed by atoms with Gasteiger partial charge in [-0.3, -0.25) is 4.79 Å². The number of carbonyl (C=O) groups excluding carboxylic acids is 2. The lowest BCUT2D eigenvalue weighted by Gasteiger charge is -2.24. The van der Waals surface area contributed by atoms with Gasteiger partial charge in [-0.25, -0.2) is 4.79 Å². The molecule has 5 nitrogen and oxygen atoms in total. The monoisotopic (exact) mass is 351 g/mol. The van der Waals surface area contributed by atoms with Crippen LogP contribution in [-0.4, -0.2) is 29.4 Å². The van der Waals surface area contributed by atoms with Crippen LogP contribution in [0.3, 0.4) is 0 Å². The first-order valence-electron chi connectivity index (χ1n) is 9.11. The van der Waals surface area contributed by atoms with Crippen molar-refractivity contribution >= 4 is 23.3 Å². The molecule has 0 radical (unpaired) electrons. The zero-order chi connectivity index (χ0) is 18.5. The molecule has 26 heavy (non-hydrogen) atoms. The summed E-state index contributed by atoms with van der Waals surface area (Å²) in [6, 6.07) is 14.8. The molecule has 3 amide bonds. The second-order valence-corrected chi connectivity index (χ2v) is 6.69. The van der Waals surface area contributed by atoms with Gasteiger partial charge in [0.2, 0.25) is 5.91 Å². The van der Waals surface area contributed by atoms with Gasteiger partial charge in [0, 0.05) is 17.9 Å². The molecule has 1 heterocycles. The SMILES string of the molecule is CCc1cccc(NC(=O)[C@@H]2CCCN2C(=O)Nc2ccc(C)cc2)c1. The highest BCUT2D eigenvalue weighted by Gasteiger charge is 2.34. The van der Waals surface area contributed by atoms with E-state index in [0.29, 0.717) is 13.0 Å². The van der Waals surface area contributed by atoms with Gasteiger partial charge in [-0.1, -0.05) is 36.8 Å². The summed E-state index contributed by atoms with van der Waals surface area (Å²) in [5.74, 6) is -0.130. The lowest BCUT2D eigenvalue weighted by Crippen LogP contribution is -2.45. The molecule has 1 atom stereocenters. The molecule has 0 aromatic heterocycles. The Morgan fingerprint density at radius 2 is 1.85 bits per heavy atom. The number of aryl methyl sites for hydroxylation is 2. The molecule has 2 aromatic carbocycles. The zero-order valence-electron chi connectivity index (χ0n) is 15.3. The fourth-order valence-electron chi connectivity index (χ4n) is 3.21. The van der Waals surface area contributed by atoms with Crippen LogP contribution >= 0.6 is 0 Å². The summed E-state index contributed by atoms with van der Waals surface area (Å²) in [5, 5.41) is 5.84. The van der Waals surface area contributed by atoms with Crippen LogP contribution in [0.25, 0.3) is 0 Å². The first-order valence-corrected chi connectivity index (χ1v) is 9.11. The molecule has 3 rings (SSSR count). The summed E-state index contributed by atoms with van der Waals surface area (Å²) >= 11 is 0. The van der Waals surface area contributed by atoms with Gasteiger partial charge in [-0.2, -0.15) is 0 Å². The van der Waals surface area contributed by atoms with E-state index in [0.717, 1.165) is 29.8 Å². The van der Waals surface area contributed by atoms with Crippen molar-refractivity contribution in [1.82, 2.24) is 4.90 Å². The molecule has 1 aliphatic rings. The van der Waals surface area contributed by atoms with Crippen LogP contribution in [0.5, 0.6) is 0 Å². The van der Waals surface area contributed by atoms with Crippen molar-refractivity contribution in [3.63, 3.8) is 0 Å². The minimum atomic E-state index is -0.439. The molecular weight excluding hydrogens is 326 g/mol. The summed E-state index contributed by atoms with van der Waals surface area (Å²) < 4.78 is 0. The first-order chi connectivity index (χ1) is 12.6. The number of nitrogens with one attached hydrogen (secondary N) is 2. The Labute approximate surface area is 154 Å². The molecule has 0 aliphatic carbocycles. The van der Waals surface area contributed by atoms with Crippen molar-refractivity contribution in [1.29, 1.82) is 0 Å². The van der Waals surface area contributed by atoms with E-state index in [2.05, 4.69) is 17.6 Å². The van der Waals surface area contributed by atoms with Crippen molar-refractivity contribution in [3.05, 3.63) is 59.7 Å². The van der Waals surface area contributed by atoms with Crippen LogP contribution in [0.4, 0.5) is 16.2 Å². The van der Waals surface area contributed by atoms with E-state index in [-0.39, 0.29) is 11.9 Å². The van der Waals surface area contributed by atoms with Gasteiger partial charge in [-0.15, -0.1) is 0 Å². The Kier molecular flexibility index (Phi) is 5.56. The van der Waals surface area contributed by atoms with Gasteiger partial charge >= 0.3 is 6.03 Å². The Hall–Kier alpha value is -2.82. The maximum atomic E-state index is 12.7. The van der Waals surface area contributed by atoms with Crippen LogP contribution in [0.1, 0.15) is 30.9 Å². The third kappa shape index (κ3) is 4.23. The topological polar surface area (TPSA) is 61.4 Å². The van der Waals surface area contributed by atoms with Gasteiger partial charge in [0.1, 0.15) is 6.04 Å². The number of nitrogens with zero attached hydrogens (tertiary/aromatic N) is 1. The Morgan fingerprint density at radius 3 is 2.58 bits per heavy atom. The first kappa shape index (κ1) is 18.0. The lowest BCUT2D eigenvalue weighted by molar-refractivity contribution is -0.119. The number of hydrogen-bond donors (Lipinski definition) is 2. The molecule has 0 spiro atoms. The molecule has 0 bridgehead atoms. The maximum absolute atomic E-state index is 12.7. The molecule has 1 saturated heterocycles. The molecule has 1 fully saturated rings. The van der Waals surface area contributed by atoms with Gasteiger partial charge < -0.3 is 15.5 Å². The molecule has 0 saturated carbocycles. The summed E-state index contributed by atoms with van der Waals surface area (Å²) in [7, 11) is 0. The largest absolute Gasteiger partial charge is 0.324 e. The van der Waals surface area contributed by atoms with Gasteiger partial charge in [-0.05, 0) is 56.0 Å². The number of anilines is 2. The van der Waals surface area contributed by atoms with E-state index in [1.165, 1.54) is 5.56 Å². The van der Waals surface area contributed by atoms with E-state index in [1.807, 2.05) is 55.5 Å². The van der Waals surface area contributed by atoms with E-state index in [4.69, 9.17) is 0 Å². The van der Waals surface area contributed by atoms with Gasteiger partial charge in [0.25, 0.3) is 0 Å². The minimum Gasteiger partial charge on any atom is -0.324 e.